The summed E-state index contributed by atoms with van der Waals surface area (Å²) in [5, 5.41) is 2.79. The molecule has 1 aliphatic carbocycles. The molecule has 20 heavy (non-hydrogen) atoms. The average Bonchev–Trinajstić information content (AvgIpc) is 3.12. The molecule has 1 fully saturated rings. The van der Waals surface area contributed by atoms with Gasteiger partial charge in [-0.2, -0.15) is 0 Å². The molecule has 0 heterocycles. The zero-order valence-electron chi connectivity index (χ0n) is 11.4. The van der Waals surface area contributed by atoms with Crippen molar-refractivity contribution in [1.82, 2.24) is 10.0 Å². The normalized spacial score (nSPS) is 22.0. The fourth-order valence-corrected chi connectivity index (χ4v) is 3.76. The van der Waals surface area contributed by atoms with Crippen molar-refractivity contribution in [1.29, 1.82) is 0 Å². The van der Waals surface area contributed by atoms with E-state index in [9.17, 15) is 12.8 Å². The van der Waals surface area contributed by atoms with Crippen molar-refractivity contribution in [3.05, 3.63) is 28.5 Å². The molecule has 0 aliphatic heterocycles. The summed E-state index contributed by atoms with van der Waals surface area (Å²) in [7, 11) is -2.01. The van der Waals surface area contributed by atoms with Gasteiger partial charge in [-0.25, -0.2) is 17.5 Å². The first-order valence-corrected chi connectivity index (χ1v) is 8.40. The number of hydrogen-bond donors (Lipinski definition) is 2. The summed E-state index contributed by atoms with van der Waals surface area (Å²) in [4.78, 5) is -0.0774. The molecule has 0 radical (unpaired) electrons. The van der Waals surface area contributed by atoms with E-state index in [4.69, 9.17) is 11.6 Å². The Morgan fingerprint density at radius 1 is 1.45 bits per heavy atom. The van der Waals surface area contributed by atoms with Crippen LogP contribution in [0.25, 0.3) is 0 Å². The second-order valence-electron chi connectivity index (χ2n) is 5.04. The quantitative estimate of drug-likeness (QED) is 0.845. The van der Waals surface area contributed by atoms with E-state index in [1.807, 2.05) is 6.92 Å². The predicted octanol–water partition coefficient (Wildman–Crippen LogP) is 2.28. The molecule has 1 saturated carbocycles. The van der Waals surface area contributed by atoms with Crippen molar-refractivity contribution in [3.63, 3.8) is 0 Å². The summed E-state index contributed by atoms with van der Waals surface area (Å²) in [6, 6.07) is 2.34. The maximum Gasteiger partial charge on any atom is 0.240 e. The standard InChI is InChI=1S/C13H18ClFN2O2S/c1-3-8-5-12(8)17-20(18,19)10-4-9(7-16-2)13(14)11(15)6-10/h4,6,8,12,16-17H,3,5,7H2,1-2H3. The molecule has 112 valence electrons. The Morgan fingerprint density at radius 2 is 2.15 bits per heavy atom. The van der Waals surface area contributed by atoms with Crippen LogP contribution in [0.1, 0.15) is 25.3 Å². The number of sulfonamides is 1. The van der Waals surface area contributed by atoms with Crippen molar-refractivity contribution >= 4 is 21.6 Å². The second kappa shape index (κ2) is 5.97. The summed E-state index contributed by atoms with van der Waals surface area (Å²) in [5.74, 6) is -0.332. The lowest BCUT2D eigenvalue weighted by atomic mass is 10.2. The fraction of sp³-hybridized carbons (Fsp3) is 0.538. The Hall–Kier alpha value is -0.690. The Labute approximate surface area is 123 Å². The van der Waals surface area contributed by atoms with E-state index in [1.54, 1.807) is 7.05 Å². The summed E-state index contributed by atoms with van der Waals surface area (Å²) in [6.45, 7) is 2.33. The van der Waals surface area contributed by atoms with Crippen molar-refractivity contribution in [2.75, 3.05) is 7.05 Å². The smallest absolute Gasteiger partial charge is 0.240 e. The Kier molecular flexibility index (Phi) is 4.69. The molecular weight excluding hydrogens is 303 g/mol. The molecule has 1 aromatic carbocycles. The number of benzene rings is 1. The highest BCUT2D eigenvalue weighted by Crippen LogP contribution is 2.34. The van der Waals surface area contributed by atoms with Gasteiger partial charge in [-0.05, 0) is 37.1 Å². The van der Waals surface area contributed by atoms with Gasteiger partial charge in [-0.1, -0.05) is 24.9 Å². The Balaban J connectivity index is 2.27. The Morgan fingerprint density at radius 3 is 2.70 bits per heavy atom. The van der Waals surface area contributed by atoms with Crippen LogP contribution >= 0.6 is 11.6 Å². The molecule has 4 nitrogen and oxygen atoms in total. The third kappa shape index (κ3) is 3.31. The number of nitrogens with one attached hydrogen (secondary N) is 2. The number of rotatable bonds is 6. The first-order chi connectivity index (χ1) is 9.39. The van der Waals surface area contributed by atoms with Crippen LogP contribution in [0.2, 0.25) is 5.02 Å². The lowest BCUT2D eigenvalue weighted by Crippen LogP contribution is -2.27. The zero-order chi connectivity index (χ0) is 14.9. The van der Waals surface area contributed by atoms with Gasteiger partial charge in [0.15, 0.2) is 0 Å². The van der Waals surface area contributed by atoms with E-state index >= 15 is 0 Å². The van der Waals surface area contributed by atoms with Gasteiger partial charge in [0, 0.05) is 12.6 Å². The lowest BCUT2D eigenvalue weighted by molar-refractivity contribution is 0.571. The summed E-state index contributed by atoms with van der Waals surface area (Å²) >= 11 is 5.83. The van der Waals surface area contributed by atoms with Gasteiger partial charge in [-0.15, -0.1) is 0 Å². The van der Waals surface area contributed by atoms with Crippen molar-refractivity contribution in [3.8, 4) is 0 Å². The largest absolute Gasteiger partial charge is 0.316 e. The van der Waals surface area contributed by atoms with E-state index in [-0.39, 0.29) is 16.0 Å². The van der Waals surface area contributed by atoms with Gasteiger partial charge >= 0.3 is 0 Å². The van der Waals surface area contributed by atoms with Gasteiger partial charge in [0.25, 0.3) is 0 Å². The molecular formula is C13H18ClFN2O2S. The van der Waals surface area contributed by atoms with Crippen LogP contribution in [-0.4, -0.2) is 21.5 Å². The van der Waals surface area contributed by atoms with E-state index in [0.717, 1.165) is 18.9 Å². The van der Waals surface area contributed by atoms with Crippen LogP contribution in [-0.2, 0) is 16.6 Å². The molecule has 2 atom stereocenters. The Bertz CT molecular complexity index is 607. The third-order valence-corrected chi connectivity index (χ3v) is 5.40. The maximum atomic E-state index is 13.7. The number of hydrogen-bond acceptors (Lipinski definition) is 3. The minimum atomic E-state index is -3.70. The summed E-state index contributed by atoms with van der Waals surface area (Å²) < 4.78 is 40.8. The minimum absolute atomic E-state index is 0.0310. The monoisotopic (exact) mass is 320 g/mol. The average molecular weight is 321 g/mol. The van der Waals surface area contributed by atoms with E-state index in [2.05, 4.69) is 10.0 Å². The molecule has 0 aromatic heterocycles. The number of halogens is 2. The van der Waals surface area contributed by atoms with E-state index < -0.39 is 15.8 Å². The van der Waals surface area contributed by atoms with Crippen molar-refractivity contribution in [2.24, 2.45) is 5.92 Å². The molecule has 1 aromatic rings. The van der Waals surface area contributed by atoms with Crippen LogP contribution in [0, 0.1) is 11.7 Å². The van der Waals surface area contributed by atoms with Crippen molar-refractivity contribution in [2.45, 2.75) is 37.2 Å². The highest BCUT2D eigenvalue weighted by molar-refractivity contribution is 7.89. The second-order valence-corrected chi connectivity index (χ2v) is 7.13. The van der Waals surface area contributed by atoms with Gasteiger partial charge in [0.05, 0.1) is 9.92 Å². The van der Waals surface area contributed by atoms with E-state index in [0.29, 0.717) is 18.0 Å². The molecule has 1 aliphatic rings. The van der Waals surface area contributed by atoms with Gasteiger partial charge < -0.3 is 5.32 Å². The van der Waals surface area contributed by atoms with Crippen LogP contribution in [0.5, 0.6) is 0 Å². The van der Waals surface area contributed by atoms with Crippen molar-refractivity contribution < 1.29 is 12.8 Å². The van der Waals surface area contributed by atoms with Crippen LogP contribution < -0.4 is 10.0 Å². The third-order valence-electron chi connectivity index (χ3n) is 3.51. The topological polar surface area (TPSA) is 58.2 Å². The van der Waals surface area contributed by atoms with Crippen LogP contribution in [0.3, 0.4) is 0 Å². The summed E-state index contributed by atoms with van der Waals surface area (Å²) in [6.07, 6.45) is 1.78. The van der Waals surface area contributed by atoms with Gasteiger partial charge in [0.1, 0.15) is 5.82 Å². The highest BCUT2D eigenvalue weighted by atomic mass is 35.5. The molecule has 2 rings (SSSR count). The maximum absolute atomic E-state index is 13.7. The van der Waals surface area contributed by atoms with Crippen LogP contribution in [0.4, 0.5) is 4.39 Å². The molecule has 0 bridgehead atoms. The van der Waals surface area contributed by atoms with Gasteiger partial charge in [0.2, 0.25) is 10.0 Å². The molecule has 0 saturated heterocycles. The first kappa shape index (κ1) is 15.7. The molecule has 0 spiro atoms. The van der Waals surface area contributed by atoms with Gasteiger partial charge in [-0.3, -0.25) is 0 Å². The summed E-state index contributed by atoms with van der Waals surface area (Å²) in [5.41, 5.74) is 0.428. The zero-order valence-corrected chi connectivity index (χ0v) is 13.0. The van der Waals surface area contributed by atoms with E-state index in [1.165, 1.54) is 6.07 Å². The molecule has 7 heteroatoms. The van der Waals surface area contributed by atoms with Crippen LogP contribution in [0.15, 0.2) is 17.0 Å². The SMILES string of the molecule is CCC1CC1NS(=O)(=O)c1cc(F)c(Cl)c(CNC)c1. The fourth-order valence-electron chi connectivity index (χ4n) is 2.20. The highest BCUT2D eigenvalue weighted by Gasteiger charge is 2.38. The first-order valence-electron chi connectivity index (χ1n) is 6.54. The lowest BCUT2D eigenvalue weighted by Gasteiger charge is -2.10. The molecule has 0 amide bonds. The minimum Gasteiger partial charge on any atom is -0.316 e. The molecule has 2 N–H and O–H groups in total. The molecule has 2 unspecified atom stereocenters. The predicted molar refractivity (Wildman–Crippen MR) is 76.7 cm³/mol.